The van der Waals surface area contributed by atoms with Gasteiger partial charge in [0.15, 0.2) is 0 Å². The van der Waals surface area contributed by atoms with Crippen LogP contribution in [-0.2, 0) is 16.1 Å². The first kappa shape index (κ1) is 18.6. The van der Waals surface area contributed by atoms with E-state index in [-0.39, 0.29) is 23.8 Å². The number of rotatable bonds is 6. The van der Waals surface area contributed by atoms with Gasteiger partial charge in [0, 0.05) is 7.05 Å². The van der Waals surface area contributed by atoms with Crippen molar-refractivity contribution in [3.8, 4) is 0 Å². The second kappa shape index (κ2) is 7.87. The number of amides is 2. The Labute approximate surface area is 144 Å². The summed E-state index contributed by atoms with van der Waals surface area (Å²) < 4.78 is 14.4. The molecule has 1 heterocycles. The summed E-state index contributed by atoms with van der Waals surface area (Å²) in [5.74, 6) is -1.14. The fourth-order valence-electron chi connectivity index (χ4n) is 2.52. The number of likely N-dealkylation sites (N-methyl/N-ethyl adjacent to an activating group) is 1. The summed E-state index contributed by atoms with van der Waals surface area (Å²) in [6.45, 7) is 3.58. The van der Waals surface area contributed by atoms with E-state index in [1.807, 2.05) is 13.8 Å². The van der Waals surface area contributed by atoms with E-state index >= 15 is 0 Å². The monoisotopic (exact) mass is 348 g/mol. The smallest absolute Gasteiger partial charge is 0.261 e. The molecule has 2 aromatic rings. The van der Waals surface area contributed by atoms with Crippen LogP contribution in [0, 0.1) is 11.7 Å². The van der Waals surface area contributed by atoms with Gasteiger partial charge in [0.2, 0.25) is 11.8 Å². The molecule has 0 aliphatic rings. The highest BCUT2D eigenvalue weighted by atomic mass is 19.1. The highest BCUT2D eigenvalue weighted by Gasteiger charge is 2.21. The molecular formula is C17H21FN4O3. The van der Waals surface area contributed by atoms with E-state index in [4.69, 9.17) is 0 Å². The van der Waals surface area contributed by atoms with Gasteiger partial charge in [0.25, 0.3) is 5.56 Å². The number of nitrogens with one attached hydrogen (secondary N) is 2. The van der Waals surface area contributed by atoms with Crippen molar-refractivity contribution in [1.29, 1.82) is 0 Å². The largest absolute Gasteiger partial charge is 0.357 e. The lowest BCUT2D eigenvalue weighted by molar-refractivity contribution is -0.129. The average Bonchev–Trinajstić information content (AvgIpc) is 2.56. The van der Waals surface area contributed by atoms with E-state index in [2.05, 4.69) is 15.6 Å². The Kier molecular flexibility index (Phi) is 5.84. The number of hydrogen-bond acceptors (Lipinski definition) is 4. The molecule has 2 rings (SSSR count). The van der Waals surface area contributed by atoms with Crippen LogP contribution in [0.2, 0.25) is 0 Å². The van der Waals surface area contributed by atoms with Gasteiger partial charge in [-0.05, 0) is 30.5 Å². The van der Waals surface area contributed by atoms with Crippen LogP contribution in [0.1, 0.15) is 20.3 Å². The van der Waals surface area contributed by atoms with Gasteiger partial charge >= 0.3 is 0 Å². The summed E-state index contributed by atoms with van der Waals surface area (Å²) in [6.07, 6.45) is 1.71. The minimum absolute atomic E-state index is 0.0975. The molecule has 0 radical (unpaired) electrons. The fraction of sp³-hybridized carbons (Fsp3) is 0.412. The SMILES string of the molecule is CNC(=O)C(CC(C)C)NC(=O)Cn1cnc2ccc(F)cc2c1=O. The highest BCUT2D eigenvalue weighted by Crippen LogP contribution is 2.08. The van der Waals surface area contributed by atoms with E-state index in [9.17, 15) is 18.8 Å². The number of nitrogens with zero attached hydrogens (tertiary/aromatic N) is 2. The normalized spacial score (nSPS) is 12.2. The predicted molar refractivity (Wildman–Crippen MR) is 91.4 cm³/mol. The lowest BCUT2D eigenvalue weighted by Crippen LogP contribution is -2.47. The van der Waals surface area contributed by atoms with Crippen molar-refractivity contribution in [3.63, 3.8) is 0 Å². The summed E-state index contributed by atoms with van der Waals surface area (Å²) >= 11 is 0. The van der Waals surface area contributed by atoms with Gasteiger partial charge in [0.1, 0.15) is 18.4 Å². The molecule has 1 aromatic carbocycles. The number of carbonyl (C=O) groups excluding carboxylic acids is 2. The molecule has 0 aliphatic carbocycles. The van der Waals surface area contributed by atoms with Gasteiger partial charge in [0.05, 0.1) is 17.2 Å². The van der Waals surface area contributed by atoms with E-state index in [0.717, 1.165) is 10.6 Å². The third-order valence-corrected chi connectivity index (χ3v) is 3.71. The lowest BCUT2D eigenvalue weighted by atomic mass is 10.0. The van der Waals surface area contributed by atoms with Crippen molar-refractivity contribution in [3.05, 3.63) is 40.7 Å². The highest BCUT2D eigenvalue weighted by molar-refractivity contribution is 5.87. The molecule has 0 aliphatic heterocycles. The summed E-state index contributed by atoms with van der Waals surface area (Å²) in [7, 11) is 1.49. The number of hydrogen-bond donors (Lipinski definition) is 2. The fourth-order valence-corrected chi connectivity index (χ4v) is 2.52. The van der Waals surface area contributed by atoms with Gasteiger partial charge in [-0.3, -0.25) is 19.0 Å². The zero-order valence-corrected chi connectivity index (χ0v) is 14.4. The molecular weight excluding hydrogens is 327 g/mol. The Hall–Kier alpha value is -2.77. The molecule has 1 aromatic heterocycles. The standard InChI is InChI=1S/C17H21FN4O3/c1-10(2)6-14(16(24)19-3)21-15(23)8-22-9-20-13-5-4-11(18)7-12(13)17(22)25/h4-5,7,9-10,14H,6,8H2,1-3H3,(H,19,24)(H,21,23). The van der Waals surface area contributed by atoms with Crippen molar-refractivity contribution < 1.29 is 14.0 Å². The van der Waals surface area contributed by atoms with Gasteiger partial charge < -0.3 is 10.6 Å². The van der Waals surface area contributed by atoms with Crippen molar-refractivity contribution in [2.24, 2.45) is 5.92 Å². The number of carbonyl (C=O) groups is 2. The molecule has 2 N–H and O–H groups in total. The molecule has 1 unspecified atom stereocenters. The second-order valence-electron chi connectivity index (χ2n) is 6.20. The van der Waals surface area contributed by atoms with Gasteiger partial charge in [-0.2, -0.15) is 0 Å². The summed E-state index contributed by atoms with van der Waals surface area (Å²) in [5.41, 5.74) is -0.161. The molecule has 0 spiro atoms. The Bertz CT molecular complexity index is 847. The van der Waals surface area contributed by atoms with E-state index in [1.54, 1.807) is 0 Å². The zero-order chi connectivity index (χ0) is 18.6. The van der Waals surface area contributed by atoms with Crippen LogP contribution in [0.15, 0.2) is 29.3 Å². The molecule has 134 valence electrons. The summed E-state index contributed by atoms with van der Waals surface area (Å²) in [6, 6.07) is 3.02. The first-order valence-electron chi connectivity index (χ1n) is 7.97. The van der Waals surface area contributed by atoms with Crippen LogP contribution in [0.4, 0.5) is 4.39 Å². The van der Waals surface area contributed by atoms with Crippen molar-refractivity contribution in [1.82, 2.24) is 20.2 Å². The van der Waals surface area contributed by atoms with Crippen LogP contribution in [0.5, 0.6) is 0 Å². The van der Waals surface area contributed by atoms with Crippen LogP contribution in [0.25, 0.3) is 10.9 Å². The molecule has 8 heteroatoms. The molecule has 25 heavy (non-hydrogen) atoms. The molecule has 0 saturated heterocycles. The number of fused-ring (bicyclic) bond motifs is 1. The summed E-state index contributed by atoms with van der Waals surface area (Å²) in [5, 5.41) is 5.22. The first-order valence-corrected chi connectivity index (χ1v) is 7.97. The third-order valence-electron chi connectivity index (χ3n) is 3.71. The van der Waals surface area contributed by atoms with Crippen LogP contribution >= 0.6 is 0 Å². The minimum Gasteiger partial charge on any atom is -0.357 e. The Balaban J connectivity index is 2.19. The predicted octanol–water partition coefficient (Wildman–Crippen LogP) is 0.812. The molecule has 1 atom stereocenters. The number of aromatic nitrogens is 2. The van der Waals surface area contributed by atoms with Crippen LogP contribution in [0.3, 0.4) is 0 Å². The van der Waals surface area contributed by atoms with E-state index in [1.165, 1.54) is 25.5 Å². The van der Waals surface area contributed by atoms with Crippen molar-refractivity contribution in [2.45, 2.75) is 32.9 Å². The topological polar surface area (TPSA) is 93.1 Å². The minimum atomic E-state index is -0.681. The van der Waals surface area contributed by atoms with Crippen molar-refractivity contribution in [2.75, 3.05) is 7.05 Å². The maximum absolute atomic E-state index is 13.3. The summed E-state index contributed by atoms with van der Waals surface area (Å²) in [4.78, 5) is 40.5. The molecule has 2 amide bonds. The van der Waals surface area contributed by atoms with E-state index < -0.39 is 23.3 Å². The van der Waals surface area contributed by atoms with Crippen molar-refractivity contribution >= 4 is 22.7 Å². The lowest BCUT2D eigenvalue weighted by Gasteiger charge is -2.19. The first-order chi connectivity index (χ1) is 11.8. The Morgan fingerprint density at radius 3 is 2.68 bits per heavy atom. The molecule has 0 bridgehead atoms. The Morgan fingerprint density at radius 1 is 1.32 bits per heavy atom. The average molecular weight is 348 g/mol. The zero-order valence-electron chi connectivity index (χ0n) is 14.4. The quantitative estimate of drug-likeness (QED) is 0.808. The van der Waals surface area contributed by atoms with Gasteiger partial charge in [-0.15, -0.1) is 0 Å². The van der Waals surface area contributed by atoms with Crippen LogP contribution < -0.4 is 16.2 Å². The molecule has 0 saturated carbocycles. The Morgan fingerprint density at radius 2 is 2.04 bits per heavy atom. The molecule has 7 nitrogen and oxygen atoms in total. The maximum Gasteiger partial charge on any atom is 0.261 e. The van der Waals surface area contributed by atoms with Gasteiger partial charge in [-0.1, -0.05) is 13.8 Å². The maximum atomic E-state index is 13.3. The number of benzene rings is 1. The van der Waals surface area contributed by atoms with E-state index in [0.29, 0.717) is 11.9 Å². The third kappa shape index (κ3) is 4.62. The molecule has 0 fully saturated rings. The van der Waals surface area contributed by atoms with Crippen LogP contribution in [-0.4, -0.2) is 34.5 Å². The number of halogens is 1. The second-order valence-corrected chi connectivity index (χ2v) is 6.20. The van der Waals surface area contributed by atoms with Gasteiger partial charge in [-0.25, -0.2) is 9.37 Å².